The van der Waals surface area contributed by atoms with Gasteiger partial charge in [0.25, 0.3) is 0 Å². The quantitative estimate of drug-likeness (QED) is 0.785. The number of pyridine rings is 1. The normalized spacial score (nSPS) is 10.5. The van der Waals surface area contributed by atoms with Crippen LogP contribution in [-0.2, 0) is 0 Å². The molecule has 0 fully saturated rings. The highest BCUT2D eigenvalue weighted by Crippen LogP contribution is 2.33. The molecule has 5 heteroatoms. The van der Waals surface area contributed by atoms with Crippen LogP contribution in [0.2, 0.25) is 10.0 Å². The maximum absolute atomic E-state index is 6.25. The summed E-state index contributed by atoms with van der Waals surface area (Å²) in [7, 11) is 0. The summed E-state index contributed by atoms with van der Waals surface area (Å²) in [6.07, 6.45) is 0.984. The molecular weight excluding hydrogens is 307 g/mol. The summed E-state index contributed by atoms with van der Waals surface area (Å²) < 4.78 is 5.57. The SMILES string of the molecule is CCCOc1ccc(-c2nc(NCC)c(Cl)cc2Cl)cc1. The van der Waals surface area contributed by atoms with Crippen molar-refractivity contribution in [1.82, 2.24) is 4.98 Å². The van der Waals surface area contributed by atoms with Crippen LogP contribution in [0.25, 0.3) is 11.3 Å². The molecule has 0 amide bonds. The van der Waals surface area contributed by atoms with Gasteiger partial charge in [0, 0.05) is 12.1 Å². The largest absolute Gasteiger partial charge is 0.494 e. The van der Waals surface area contributed by atoms with E-state index in [2.05, 4.69) is 17.2 Å². The third-order valence-corrected chi connectivity index (χ3v) is 3.45. The second kappa shape index (κ2) is 7.53. The molecule has 0 aliphatic heterocycles. The summed E-state index contributed by atoms with van der Waals surface area (Å²) >= 11 is 12.4. The molecule has 2 rings (SSSR count). The lowest BCUT2D eigenvalue weighted by atomic mass is 10.1. The van der Waals surface area contributed by atoms with E-state index in [0.29, 0.717) is 28.2 Å². The van der Waals surface area contributed by atoms with Crippen molar-refractivity contribution in [3.8, 4) is 17.0 Å². The molecule has 0 saturated heterocycles. The van der Waals surface area contributed by atoms with Gasteiger partial charge in [0.2, 0.25) is 0 Å². The Labute approximate surface area is 135 Å². The number of anilines is 1. The topological polar surface area (TPSA) is 34.1 Å². The van der Waals surface area contributed by atoms with Crippen LogP contribution in [0.5, 0.6) is 5.75 Å². The van der Waals surface area contributed by atoms with E-state index in [4.69, 9.17) is 27.9 Å². The zero-order chi connectivity index (χ0) is 15.2. The molecule has 1 aromatic heterocycles. The van der Waals surface area contributed by atoms with Crippen molar-refractivity contribution in [2.24, 2.45) is 0 Å². The summed E-state index contributed by atoms with van der Waals surface area (Å²) in [6.45, 7) is 5.53. The van der Waals surface area contributed by atoms with Crippen LogP contribution in [0, 0.1) is 0 Å². The third-order valence-electron chi connectivity index (χ3n) is 2.87. The lowest BCUT2D eigenvalue weighted by Gasteiger charge is -2.11. The fourth-order valence-electron chi connectivity index (χ4n) is 1.89. The van der Waals surface area contributed by atoms with E-state index >= 15 is 0 Å². The molecular formula is C16H18Cl2N2O. The maximum Gasteiger partial charge on any atom is 0.145 e. The van der Waals surface area contributed by atoms with Crippen LogP contribution in [-0.4, -0.2) is 18.1 Å². The van der Waals surface area contributed by atoms with E-state index in [9.17, 15) is 0 Å². The Morgan fingerprint density at radius 1 is 1.10 bits per heavy atom. The Balaban J connectivity index is 2.30. The minimum absolute atomic E-state index is 0.522. The lowest BCUT2D eigenvalue weighted by molar-refractivity contribution is 0.317. The van der Waals surface area contributed by atoms with Gasteiger partial charge in [-0.1, -0.05) is 30.1 Å². The van der Waals surface area contributed by atoms with Crippen molar-refractivity contribution in [1.29, 1.82) is 0 Å². The van der Waals surface area contributed by atoms with Gasteiger partial charge >= 0.3 is 0 Å². The van der Waals surface area contributed by atoms with Crippen LogP contribution in [0.15, 0.2) is 30.3 Å². The highest BCUT2D eigenvalue weighted by molar-refractivity contribution is 6.37. The van der Waals surface area contributed by atoms with Gasteiger partial charge in [0.1, 0.15) is 11.6 Å². The van der Waals surface area contributed by atoms with Crippen molar-refractivity contribution in [2.75, 3.05) is 18.5 Å². The first kappa shape index (κ1) is 15.9. The van der Waals surface area contributed by atoms with E-state index in [1.807, 2.05) is 31.2 Å². The second-order valence-electron chi connectivity index (χ2n) is 4.55. The third kappa shape index (κ3) is 4.02. The number of hydrogen-bond donors (Lipinski definition) is 1. The molecule has 0 aliphatic carbocycles. The summed E-state index contributed by atoms with van der Waals surface area (Å²) in [5.41, 5.74) is 1.64. The summed E-state index contributed by atoms with van der Waals surface area (Å²) in [6, 6.07) is 9.45. The zero-order valence-corrected chi connectivity index (χ0v) is 13.6. The Kier molecular flexibility index (Phi) is 5.71. The molecule has 0 saturated carbocycles. The Bertz CT molecular complexity index is 600. The molecule has 0 radical (unpaired) electrons. The van der Waals surface area contributed by atoms with Gasteiger partial charge in [0.05, 0.1) is 22.3 Å². The van der Waals surface area contributed by atoms with Crippen LogP contribution < -0.4 is 10.1 Å². The van der Waals surface area contributed by atoms with Crippen molar-refractivity contribution in [3.63, 3.8) is 0 Å². The van der Waals surface area contributed by atoms with Gasteiger partial charge in [-0.2, -0.15) is 0 Å². The van der Waals surface area contributed by atoms with E-state index in [1.165, 1.54) is 0 Å². The van der Waals surface area contributed by atoms with Crippen molar-refractivity contribution < 1.29 is 4.74 Å². The Morgan fingerprint density at radius 3 is 2.43 bits per heavy atom. The summed E-state index contributed by atoms with van der Waals surface area (Å²) in [4.78, 5) is 4.51. The first-order valence-electron chi connectivity index (χ1n) is 6.98. The average Bonchev–Trinajstić information content (AvgIpc) is 2.49. The number of halogens is 2. The van der Waals surface area contributed by atoms with Gasteiger partial charge in [-0.3, -0.25) is 0 Å². The number of ether oxygens (including phenoxy) is 1. The van der Waals surface area contributed by atoms with Crippen LogP contribution in [0.1, 0.15) is 20.3 Å². The Morgan fingerprint density at radius 2 is 1.81 bits per heavy atom. The van der Waals surface area contributed by atoms with Crippen molar-refractivity contribution in [2.45, 2.75) is 20.3 Å². The molecule has 1 heterocycles. The predicted octanol–water partition coefficient (Wildman–Crippen LogP) is 5.28. The van der Waals surface area contributed by atoms with Gasteiger partial charge in [-0.15, -0.1) is 0 Å². The van der Waals surface area contributed by atoms with Crippen LogP contribution >= 0.6 is 23.2 Å². The van der Waals surface area contributed by atoms with Gasteiger partial charge in [-0.25, -0.2) is 4.98 Å². The van der Waals surface area contributed by atoms with E-state index in [-0.39, 0.29) is 0 Å². The van der Waals surface area contributed by atoms with Crippen LogP contribution in [0.3, 0.4) is 0 Å². The minimum atomic E-state index is 0.522. The minimum Gasteiger partial charge on any atom is -0.494 e. The predicted molar refractivity (Wildman–Crippen MR) is 89.6 cm³/mol. The molecule has 112 valence electrons. The second-order valence-corrected chi connectivity index (χ2v) is 5.37. The summed E-state index contributed by atoms with van der Waals surface area (Å²) in [5.74, 6) is 1.49. The summed E-state index contributed by atoms with van der Waals surface area (Å²) in [5, 5.41) is 4.18. The molecule has 0 spiro atoms. The van der Waals surface area contributed by atoms with Crippen LogP contribution in [0.4, 0.5) is 5.82 Å². The molecule has 1 aromatic carbocycles. The number of rotatable bonds is 6. The van der Waals surface area contributed by atoms with Gasteiger partial charge < -0.3 is 10.1 Å². The molecule has 1 N–H and O–H groups in total. The first-order chi connectivity index (χ1) is 10.2. The van der Waals surface area contributed by atoms with Gasteiger partial charge in [-0.05, 0) is 43.7 Å². The molecule has 3 nitrogen and oxygen atoms in total. The highest BCUT2D eigenvalue weighted by Gasteiger charge is 2.11. The molecule has 0 unspecified atom stereocenters. The van der Waals surface area contributed by atoms with Crippen molar-refractivity contribution >= 4 is 29.0 Å². The fraction of sp³-hybridized carbons (Fsp3) is 0.312. The smallest absolute Gasteiger partial charge is 0.145 e. The van der Waals surface area contributed by atoms with Gasteiger partial charge in [0.15, 0.2) is 0 Å². The monoisotopic (exact) mass is 324 g/mol. The first-order valence-corrected chi connectivity index (χ1v) is 7.74. The van der Waals surface area contributed by atoms with E-state index < -0.39 is 0 Å². The molecule has 0 atom stereocenters. The zero-order valence-electron chi connectivity index (χ0n) is 12.1. The molecule has 0 bridgehead atoms. The van der Waals surface area contributed by atoms with Crippen molar-refractivity contribution in [3.05, 3.63) is 40.4 Å². The number of nitrogens with zero attached hydrogens (tertiary/aromatic N) is 1. The van der Waals surface area contributed by atoms with E-state index in [0.717, 1.165) is 24.3 Å². The average molecular weight is 325 g/mol. The Hall–Kier alpha value is -1.45. The number of aromatic nitrogens is 1. The molecule has 0 aliphatic rings. The molecule has 21 heavy (non-hydrogen) atoms. The fourth-order valence-corrected chi connectivity index (χ4v) is 2.42. The van der Waals surface area contributed by atoms with E-state index in [1.54, 1.807) is 6.07 Å². The molecule has 2 aromatic rings. The maximum atomic E-state index is 6.25. The lowest BCUT2D eigenvalue weighted by Crippen LogP contribution is -2.01. The number of hydrogen-bond acceptors (Lipinski definition) is 3. The number of benzene rings is 1. The number of nitrogens with one attached hydrogen (secondary N) is 1. The highest BCUT2D eigenvalue weighted by atomic mass is 35.5. The standard InChI is InChI=1S/C16H18Cl2N2O/c1-3-9-21-12-7-5-11(6-8-12)15-13(17)10-14(18)16(20-15)19-4-2/h5-8,10H,3-4,9H2,1-2H3,(H,19,20).